The molecule has 15 heavy (non-hydrogen) atoms. The molecule has 2 heterocycles. The molecule has 0 spiro atoms. The summed E-state index contributed by atoms with van der Waals surface area (Å²) in [4.78, 5) is 19.2. The highest BCUT2D eigenvalue weighted by Crippen LogP contribution is 2.30. The van der Waals surface area contributed by atoms with Crippen LogP contribution >= 0.6 is 11.3 Å². The topological polar surface area (TPSA) is 33.2 Å². The number of carbonyl (C=O) groups is 1. The van der Waals surface area contributed by atoms with Gasteiger partial charge in [-0.2, -0.15) is 0 Å². The summed E-state index contributed by atoms with van der Waals surface area (Å²) in [6.45, 7) is 7.75. The van der Waals surface area contributed by atoms with Crippen LogP contribution in [0.25, 0.3) is 0 Å². The number of ketones is 1. The van der Waals surface area contributed by atoms with Crippen molar-refractivity contribution in [2.45, 2.75) is 33.2 Å². The molecule has 0 amide bonds. The van der Waals surface area contributed by atoms with Crippen molar-refractivity contribution < 1.29 is 4.79 Å². The smallest absolute Gasteiger partial charge is 0.148 e. The molecule has 1 saturated heterocycles. The number of aryl methyl sites for hydroxylation is 2. The summed E-state index contributed by atoms with van der Waals surface area (Å²) in [5.74, 6) is 0.362. The first-order valence-corrected chi connectivity index (χ1v) is 6.09. The third-order valence-electron chi connectivity index (χ3n) is 2.92. The second-order valence-electron chi connectivity index (χ2n) is 4.12. The zero-order chi connectivity index (χ0) is 11.0. The Morgan fingerprint density at radius 1 is 1.47 bits per heavy atom. The summed E-state index contributed by atoms with van der Waals surface area (Å²) in [7, 11) is 0. The van der Waals surface area contributed by atoms with E-state index in [1.54, 1.807) is 11.3 Å². The van der Waals surface area contributed by atoms with E-state index in [9.17, 15) is 4.79 Å². The molecule has 0 aromatic carbocycles. The summed E-state index contributed by atoms with van der Waals surface area (Å²) in [6, 6.07) is 0.336. The fourth-order valence-corrected chi connectivity index (χ4v) is 3.10. The van der Waals surface area contributed by atoms with Crippen LogP contribution in [0.2, 0.25) is 0 Å². The lowest BCUT2D eigenvalue weighted by molar-refractivity contribution is -0.117. The average Bonchev–Trinajstić information content (AvgIpc) is 2.71. The van der Waals surface area contributed by atoms with Crippen LogP contribution < -0.4 is 0 Å². The highest BCUT2D eigenvalue weighted by Gasteiger charge is 2.26. The van der Waals surface area contributed by atoms with Crippen molar-refractivity contribution in [3.8, 4) is 0 Å². The average molecular weight is 224 g/mol. The van der Waals surface area contributed by atoms with Gasteiger partial charge in [0, 0.05) is 23.9 Å². The van der Waals surface area contributed by atoms with Gasteiger partial charge >= 0.3 is 0 Å². The maximum absolute atomic E-state index is 11.2. The van der Waals surface area contributed by atoms with Crippen molar-refractivity contribution in [1.29, 1.82) is 0 Å². The van der Waals surface area contributed by atoms with Gasteiger partial charge in [-0.1, -0.05) is 0 Å². The normalized spacial score (nSPS) is 19.8. The molecule has 0 radical (unpaired) electrons. The highest BCUT2D eigenvalue weighted by molar-refractivity contribution is 7.11. The number of carbonyl (C=O) groups excluding carboxylic acids is 1. The molecule has 82 valence electrons. The molecule has 0 bridgehead atoms. The van der Waals surface area contributed by atoms with E-state index in [2.05, 4.69) is 16.8 Å². The minimum Gasteiger partial charge on any atom is -0.298 e. The van der Waals surface area contributed by atoms with Crippen LogP contribution in [0.3, 0.4) is 0 Å². The number of likely N-dealkylation sites (tertiary alicyclic amines) is 1. The Morgan fingerprint density at radius 2 is 2.20 bits per heavy atom. The van der Waals surface area contributed by atoms with E-state index >= 15 is 0 Å². The Kier molecular flexibility index (Phi) is 2.89. The minimum absolute atomic E-state index is 0.336. The Labute approximate surface area is 94.1 Å². The summed E-state index contributed by atoms with van der Waals surface area (Å²) in [6.07, 6.45) is 0.709. The van der Waals surface area contributed by atoms with E-state index in [0.717, 1.165) is 17.2 Å². The molecule has 1 atom stereocenters. The van der Waals surface area contributed by atoms with Crippen LogP contribution in [-0.4, -0.2) is 28.8 Å². The summed E-state index contributed by atoms with van der Waals surface area (Å²) >= 11 is 1.75. The second-order valence-corrected chi connectivity index (χ2v) is 5.35. The van der Waals surface area contributed by atoms with Crippen molar-refractivity contribution in [2.24, 2.45) is 0 Å². The minimum atomic E-state index is 0.336. The Morgan fingerprint density at radius 3 is 2.67 bits per heavy atom. The van der Waals surface area contributed by atoms with Gasteiger partial charge in [0.15, 0.2) is 0 Å². The molecule has 2 rings (SSSR count). The first-order chi connectivity index (χ1) is 7.08. The van der Waals surface area contributed by atoms with E-state index in [1.807, 2.05) is 13.8 Å². The van der Waals surface area contributed by atoms with Gasteiger partial charge in [-0.25, -0.2) is 4.98 Å². The van der Waals surface area contributed by atoms with Gasteiger partial charge in [0.1, 0.15) is 5.78 Å². The van der Waals surface area contributed by atoms with Gasteiger partial charge in [-0.05, 0) is 20.8 Å². The van der Waals surface area contributed by atoms with E-state index in [0.29, 0.717) is 24.8 Å². The Hall–Kier alpha value is -0.740. The van der Waals surface area contributed by atoms with Gasteiger partial charge in [-0.15, -0.1) is 11.3 Å². The SMILES string of the molecule is Cc1nc(C)c(C(C)N2CCC(=O)C2)s1. The van der Waals surface area contributed by atoms with Gasteiger partial charge in [0.2, 0.25) is 0 Å². The molecule has 1 aromatic heterocycles. The predicted octanol–water partition coefficient (Wildman–Crippen LogP) is 2.10. The van der Waals surface area contributed by atoms with Crippen LogP contribution in [0.15, 0.2) is 0 Å². The number of Topliss-reactive ketones (excluding diaryl/α,β-unsaturated/α-hetero) is 1. The summed E-state index contributed by atoms with van der Waals surface area (Å²) in [5.41, 5.74) is 1.12. The third kappa shape index (κ3) is 2.11. The fraction of sp³-hybridized carbons (Fsp3) is 0.636. The molecule has 3 nitrogen and oxygen atoms in total. The molecule has 0 aliphatic carbocycles. The quantitative estimate of drug-likeness (QED) is 0.771. The van der Waals surface area contributed by atoms with Crippen LogP contribution in [0.1, 0.15) is 35.0 Å². The van der Waals surface area contributed by atoms with Crippen molar-refractivity contribution >= 4 is 17.1 Å². The van der Waals surface area contributed by atoms with Crippen molar-refractivity contribution in [3.63, 3.8) is 0 Å². The maximum atomic E-state index is 11.2. The van der Waals surface area contributed by atoms with Gasteiger partial charge < -0.3 is 0 Å². The summed E-state index contributed by atoms with van der Waals surface area (Å²) < 4.78 is 0. The van der Waals surface area contributed by atoms with E-state index < -0.39 is 0 Å². The molecule has 0 saturated carbocycles. The molecule has 1 aromatic rings. The molecular weight excluding hydrogens is 208 g/mol. The highest BCUT2D eigenvalue weighted by atomic mass is 32.1. The molecule has 1 aliphatic heterocycles. The first kappa shape index (κ1) is 10.8. The lowest BCUT2D eigenvalue weighted by Crippen LogP contribution is -2.24. The number of hydrogen-bond acceptors (Lipinski definition) is 4. The molecule has 1 aliphatic rings. The fourth-order valence-electron chi connectivity index (χ4n) is 2.08. The van der Waals surface area contributed by atoms with Crippen molar-refractivity contribution in [2.75, 3.05) is 13.1 Å². The van der Waals surface area contributed by atoms with Gasteiger partial charge in [0.25, 0.3) is 0 Å². The Bertz CT molecular complexity index is 386. The molecular formula is C11H16N2OS. The number of hydrogen-bond donors (Lipinski definition) is 0. The maximum Gasteiger partial charge on any atom is 0.148 e. The standard InChI is InChI=1S/C11H16N2OS/c1-7-11(15-9(3)12-7)8(2)13-5-4-10(14)6-13/h8H,4-6H2,1-3H3. The van der Waals surface area contributed by atoms with Crippen LogP contribution in [0.5, 0.6) is 0 Å². The zero-order valence-electron chi connectivity index (χ0n) is 9.41. The summed E-state index contributed by atoms with van der Waals surface area (Å²) in [5, 5.41) is 1.11. The van der Waals surface area contributed by atoms with E-state index in [-0.39, 0.29) is 0 Å². The molecule has 1 fully saturated rings. The predicted molar refractivity (Wildman–Crippen MR) is 61.2 cm³/mol. The van der Waals surface area contributed by atoms with Crippen LogP contribution in [0, 0.1) is 13.8 Å². The monoisotopic (exact) mass is 224 g/mol. The molecule has 0 N–H and O–H groups in total. The molecule has 4 heteroatoms. The van der Waals surface area contributed by atoms with Crippen molar-refractivity contribution in [1.82, 2.24) is 9.88 Å². The van der Waals surface area contributed by atoms with E-state index in [1.165, 1.54) is 4.88 Å². The van der Waals surface area contributed by atoms with E-state index in [4.69, 9.17) is 0 Å². The number of thiazole rings is 1. The number of aromatic nitrogens is 1. The lowest BCUT2D eigenvalue weighted by Gasteiger charge is -2.21. The van der Waals surface area contributed by atoms with Gasteiger partial charge in [0.05, 0.1) is 17.2 Å². The first-order valence-electron chi connectivity index (χ1n) is 5.27. The Balaban J connectivity index is 2.17. The largest absolute Gasteiger partial charge is 0.298 e. The number of rotatable bonds is 2. The van der Waals surface area contributed by atoms with Crippen LogP contribution in [0.4, 0.5) is 0 Å². The number of nitrogens with zero attached hydrogens (tertiary/aromatic N) is 2. The second kappa shape index (κ2) is 4.02. The third-order valence-corrected chi connectivity index (χ3v) is 4.17. The molecule has 1 unspecified atom stereocenters. The van der Waals surface area contributed by atoms with Gasteiger partial charge in [-0.3, -0.25) is 9.69 Å². The zero-order valence-corrected chi connectivity index (χ0v) is 10.2. The lowest BCUT2D eigenvalue weighted by atomic mass is 10.2. The van der Waals surface area contributed by atoms with Crippen molar-refractivity contribution in [3.05, 3.63) is 15.6 Å². The van der Waals surface area contributed by atoms with Crippen LogP contribution in [-0.2, 0) is 4.79 Å².